The summed E-state index contributed by atoms with van der Waals surface area (Å²) >= 11 is 9.49. The molecule has 0 aromatic heterocycles. The monoisotopic (exact) mass is 315 g/mol. The summed E-state index contributed by atoms with van der Waals surface area (Å²) in [7, 11) is 0. The molecule has 1 heterocycles. The normalized spacial score (nSPS) is 20.4. The minimum atomic E-state index is 0.121. The van der Waals surface area contributed by atoms with E-state index in [-0.39, 0.29) is 11.3 Å². The molecule has 2 rings (SSSR count). The van der Waals surface area contributed by atoms with Gasteiger partial charge in [0, 0.05) is 17.6 Å². The molecule has 1 aromatic carbocycles. The number of piperidine rings is 1. The highest BCUT2D eigenvalue weighted by molar-refractivity contribution is 9.10. The smallest absolute Gasteiger partial charge is 0.227 e. The zero-order valence-electron chi connectivity index (χ0n) is 9.53. The molecular formula is C13H15BrClNO. The molecule has 0 saturated carbocycles. The van der Waals surface area contributed by atoms with Crippen LogP contribution in [0.15, 0.2) is 28.7 Å². The molecule has 17 heavy (non-hydrogen) atoms. The van der Waals surface area contributed by atoms with Crippen LogP contribution in [-0.2, 0) is 11.2 Å². The molecule has 4 heteroatoms. The molecule has 0 radical (unpaired) electrons. The second kappa shape index (κ2) is 5.87. The van der Waals surface area contributed by atoms with Crippen LogP contribution in [0.3, 0.4) is 0 Å². The average molecular weight is 317 g/mol. The van der Waals surface area contributed by atoms with Gasteiger partial charge in [-0.3, -0.25) is 4.79 Å². The molecule has 1 saturated heterocycles. The van der Waals surface area contributed by atoms with Gasteiger partial charge in [0.2, 0.25) is 5.91 Å². The van der Waals surface area contributed by atoms with Crippen LogP contribution in [0.5, 0.6) is 0 Å². The number of rotatable bonds is 2. The van der Waals surface area contributed by atoms with Gasteiger partial charge in [-0.2, -0.15) is 0 Å². The van der Waals surface area contributed by atoms with Crippen molar-refractivity contribution >= 4 is 33.4 Å². The first kappa shape index (κ1) is 12.9. The first-order valence-electron chi connectivity index (χ1n) is 5.81. The number of halogens is 2. The summed E-state index contributed by atoms with van der Waals surface area (Å²) in [5.41, 5.74) is 1.04. The minimum absolute atomic E-state index is 0.121. The zero-order chi connectivity index (χ0) is 12.3. The van der Waals surface area contributed by atoms with Crippen molar-refractivity contribution in [3.05, 3.63) is 34.3 Å². The molecule has 1 aromatic rings. The van der Waals surface area contributed by atoms with E-state index in [4.69, 9.17) is 11.6 Å². The van der Waals surface area contributed by atoms with Crippen LogP contribution in [0, 0.1) is 0 Å². The maximum absolute atomic E-state index is 12.1. The zero-order valence-corrected chi connectivity index (χ0v) is 11.9. The van der Waals surface area contributed by atoms with Crippen LogP contribution in [0.4, 0.5) is 0 Å². The van der Waals surface area contributed by atoms with E-state index in [2.05, 4.69) is 15.9 Å². The summed E-state index contributed by atoms with van der Waals surface area (Å²) in [5.74, 6) is 0.174. The van der Waals surface area contributed by atoms with Crippen LogP contribution in [0.1, 0.15) is 18.4 Å². The van der Waals surface area contributed by atoms with Crippen molar-refractivity contribution in [2.24, 2.45) is 0 Å². The lowest BCUT2D eigenvalue weighted by Gasteiger charge is -2.29. The van der Waals surface area contributed by atoms with E-state index >= 15 is 0 Å². The van der Waals surface area contributed by atoms with Crippen molar-refractivity contribution in [2.45, 2.75) is 24.6 Å². The first-order valence-corrected chi connectivity index (χ1v) is 7.04. The lowest BCUT2D eigenvalue weighted by atomic mass is 10.1. The number of carbonyl (C=O) groups is 1. The summed E-state index contributed by atoms with van der Waals surface area (Å²) in [5, 5.41) is 0.121. The summed E-state index contributed by atoms with van der Waals surface area (Å²) in [6.45, 7) is 1.53. The SMILES string of the molecule is O=C(Cc1cccc(Br)c1)N1CCCC(Cl)C1. The van der Waals surface area contributed by atoms with E-state index in [0.717, 1.165) is 29.4 Å². The number of benzene rings is 1. The van der Waals surface area contributed by atoms with Crippen molar-refractivity contribution in [2.75, 3.05) is 13.1 Å². The molecule has 0 aliphatic carbocycles. The lowest BCUT2D eigenvalue weighted by Crippen LogP contribution is -2.41. The Labute approximate surface area is 115 Å². The van der Waals surface area contributed by atoms with Crippen molar-refractivity contribution < 1.29 is 4.79 Å². The first-order chi connectivity index (χ1) is 8.15. The largest absolute Gasteiger partial charge is 0.341 e. The number of alkyl halides is 1. The second-order valence-corrected chi connectivity index (χ2v) is 5.92. The van der Waals surface area contributed by atoms with E-state index in [1.165, 1.54) is 0 Å². The molecule has 1 fully saturated rings. The van der Waals surface area contributed by atoms with Crippen LogP contribution in [0.25, 0.3) is 0 Å². The van der Waals surface area contributed by atoms with E-state index in [1.54, 1.807) is 0 Å². The van der Waals surface area contributed by atoms with Gasteiger partial charge in [0.05, 0.1) is 11.8 Å². The van der Waals surface area contributed by atoms with Crippen molar-refractivity contribution in [1.29, 1.82) is 0 Å². The molecule has 1 aliphatic rings. The average Bonchev–Trinajstić information content (AvgIpc) is 2.29. The third-order valence-electron chi connectivity index (χ3n) is 2.96. The molecule has 0 N–H and O–H groups in total. The summed E-state index contributed by atoms with van der Waals surface area (Å²) < 4.78 is 1.01. The Morgan fingerprint density at radius 3 is 3.06 bits per heavy atom. The molecule has 2 nitrogen and oxygen atoms in total. The Kier molecular flexibility index (Phi) is 4.46. The summed E-state index contributed by atoms with van der Waals surface area (Å²) in [4.78, 5) is 14.0. The predicted molar refractivity (Wildman–Crippen MR) is 73.3 cm³/mol. The van der Waals surface area contributed by atoms with Gasteiger partial charge >= 0.3 is 0 Å². The summed E-state index contributed by atoms with van der Waals surface area (Å²) in [6, 6.07) is 7.88. The van der Waals surface area contributed by atoms with Gasteiger partial charge < -0.3 is 4.90 Å². The highest BCUT2D eigenvalue weighted by atomic mass is 79.9. The fraction of sp³-hybridized carbons (Fsp3) is 0.462. The molecule has 0 spiro atoms. The Bertz CT molecular complexity index is 410. The van der Waals surface area contributed by atoms with Gasteiger partial charge in [-0.05, 0) is 30.5 Å². The standard InChI is InChI=1S/C13H15BrClNO/c14-11-4-1-3-10(7-11)8-13(17)16-6-2-5-12(15)9-16/h1,3-4,7,12H,2,5-6,8-9H2. The van der Waals surface area contributed by atoms with Gasteiger partial charge in [0.25, 0.3) is 0 Å². The van der Waals surface area contributed by atoms with Gasteiger partial charge in [-0.25, -0.2) is 0 Å². The predicted octanol–water partition coefficient (Wildman–Crippen LogP) is 3.22. The van der Waals surface area contributed by atoms with E-state index in [1.807, 2.05) is 29.2 Å². The van der Waals surface area contributed by atoms with Crippen LogP contribution in [-0.4, -0.2) is 29.3 Å². The molecule has 0 bridgehead atoms. The third-order valence-corrected chi connectivity index (χ3v) is 3.81. The van der Waals surface area contributed by atoms with E-state index < -0.39 is 0 Å². The molecular weight excluding hydrogens is 302 g/mol. The fourth-order valence-corrected chi connectivity index (χ4v) is 2.85. The maximum Gasteiger partial charge on any atom is 0.227 e. The minimum Gasteiger partial charge on any atom is -0.341 e. The number of amides is 1. The molecule has 1 amide bonds. The maximum atomic E-state index is 12.1. The van der Waals surface area contributed by atoms with Crippen LogP contribution in [0.2, 0.25) is 0 Å². The van der Waals surface area contributed by atoms with Crippen LogP contribution >= 0.6 is 27.5 Å². The second-order valence-electron chi connectivity index (χ2n) is 4.39. The van der Waals surface area contributed by atoms with Crippen LogP contribution < -0.4 is 0 Å². The molecule has 1 atom stereocenters. The number of likely N-dealkylation sites (tertiary alicyclic amines) is 1. The highest BCUT2D eigenvalue weighted by Gasteiger charge is 2.21. The Morgan fingerprint density at radius 1 is 1.53 bits per heavy atom. The van der Waals surface area contributed by atoms with Gasteiger partial charge in [0.1, 0.15) is 0 Å². The number of hydrogen-bond acceptors (Lipinski definition) is 1. The molecule has 1 aliphatic heterocycles. The quantitative estimate of drug-likeness (QED) is 0.767. The third kappa shape index (κ3) is 3.71. The van der Waals surface area contributed by atoms with Gasteiger partial charge in [0.15, 0.2) is 0 Å². The van der Waals surface area contributed by atoms with Gasteiger partial charge in [-0.15, -0.1) is 11.6 Å². The fourth-order valence-electron chi connectivity index (χ4n) is 2.09. The summed E-state index contributed by atoms with van der Waals surface area (Å²) in [6.07, 6.45) is 2.49. The van der Waals surface area contributed by atoms with E-state index in [9.17, 15) is 4.79 Å². The Hall–Kier alpha value is -0.540. The van der Waals surface area contributed by atoms with Crippen molar-refractivity contribution in [3.63, 3.8) is 0 Å². The lowest BCUT2D eigenvalue weighted by molar-refractivity contribution is -0.131. The Morgan fingerprint density at radius 2 is 2.35 bits per heavy atom. The van der Waals surface area contributed by atoms with E-state index in [0.29, 0.717) is 13.0 Å². The highest BCUT2D eigenvalue weighted by Crippen LogP contribution is 2.17. The van der Waals surface area contributed by atoms with Crippen molar-refractivity contribution in [3.8, 4) is 0 Å². The molecule has 1 unspecified atom stereocenters. The van der Waals surface area contributed by atoms with Gasteiger partial charge in [-0.1, -0.05) is 28.1 Å². The van der Waals surface area contributed by atoms with Crippen molar-refractivity contribution in [1.82, 2.24) is 4.90 Å². The number of nitrogens with zero attached hydrogens (tertiary/aromatic N) is 1. The molecule has 92 valence electrons. The number of hydrogen-bond donors (Lipinski definition) is 0. The number of carbonyl (C=O) groups excluding carboxylic acids is 1. The Balaban J connectivity index is 1.96. The topological polar surface area (TPSA) is 20.3 Å².